The number of pyridine rings is 1. The van der Waals surface area contributed by atoms with Crippen LogP contribution in [0, 0.1) is 12.7 Å². The highest BCUT2D eigenvalue weighted by atomic mass is 19.1. The molecule has 29 heavy (non-hydrogen) atoms. The lowest BCUT2D eigenvalue weighted by Crippen LogP contribution is -2.50. The Morgan fingerprint density at radius 2 is 1.55 bits per heavy atom. The maximum absolute atomic E-state index is 13.8. The molecule has 1 N–H and O–H groups in total. The highest BCUT2D eigenvalue weighted by molar-refractivity contribution is 6.06. The summed E-state index contributed by atoms with van der Waals surface area (Å²) in [6, 6.07) is 11.4. The van der Waals surface area contributed by atoms with E-state index in [1.54, 1.807) is 53.1 Å². The Balaban J connectivity index is 1.49. The van der Waals surface area contributed by atoms with Crippen molar-refractivity contribution in [2.75, 3.05) is 26.2 Å². The molecule has 0 bridgehead atoms. The molecular weight excluding hydrogens is 373 g/mol. The summed E-state index contributed by atoms with van der Waals surface area (Å²) < 4.78 is 13.8. The minimum atomic E-state index is -0.408. The van der Waals surface area contributed by atoms with Gasteiger partial charge in [-0.15, -0.1) is 0 Å². The Hall–Kier alpha value is -3.48. The van der Waals surface area contributed by atoms with E-state index < -0.39 is 5.82 Å². The first kappa shape index (κ1) is 18.9. The Bertz CT molecular complexity index is 1160. The molecule has 2 heterocycles. The lowest BCUT2D eigenvalue weighted by molar-refractivity contribution is 0.0536. The number of carbonyl (C=O) groups is 2. The zero-order valence-corrected chi connectivity index (χ0v) is 15.9. The summed E-state index contributed by atoms with van der Waals surface area (Å²) in [6.45, 7) is 3.11. The summed E-state index contributed by atoms with van der Waals surface area (Å²) in [5, 5.41) is 1.07. The molecule has 1 saturated heterocycles. The number of piperazine rings is 1. The minimum absolute atomic E-state index is 0.189. The Labute approximate surface area is 166 Å². The van der Waals surface area contributed by atoms with E-state index in [-0.39, 0.29) is 17.4 Å². The Morgan fingerprint density at radius 3 is 2.21 bits per heavy atom. The van der Waals surface area contributed by atoms with E-state index in [4.69, 9.17) is 0 Å². The molecule has 0 aliphatic carbocycles. The lowest BCUT2D eigenvalue weighted by Gasteiger charge is -2.35. The highest BCUT2D eigenvalue weighted by Crippen LogP contribution is 2.18. The number of aromatic amines is 1. The van der Waals surface area contributed by atoms with Gasteiger partial charge in [0.1, 0.15) is 5.82 Å². The fraction of sp³-hybridized carbons (Fsp3) is 0.227. The quantitative estimate of drug-likeness (QED) is 0.727. The normalized spacial score (nSPS) is 14.3. The van der Waals surface area contributed by atoms with Crippen molar-refractivity contribution >= 4 is 22.6 Å². The van der Waals surface area contributed by atoms with Crippen molar-refractivity contribution in [3.63, 3.8) is 0 Å². The number of aryl methyl sites for hydroxylation is 1. The average molecular weight is 393 g/mol. The molecule has 0 atom stereocenters. The third-order valence-electron chi connectivity index (χ3n) is 5.31. The van der Waals surface area contributed by atoms with Crippen LogP contribution in [-0.4, -0.2) is 52.8 Å². The topological polar surface area (TPSA) is 73.5 Å². The van der Waals surface area contributed by atoms with Gasteiger partial charge in [0.2, 0.25) is 0 Å². The van der Waals surface area contributed by atoms with Gasteiger partial charge in [0, 0.05) is 48.7 Å². The molecule has 3 aromatic rings. The molecule has 2 amide bonds. The molecule has 0 spiro atoms. The summed E-state index contributed by atoms with van der Waals surface area (Å²) in [4.78, 5) is 43.5. The monoisotopic (exact) mass is 393 g/mol. The number of fused-ring (bicyclic) bond motifs is 1. The summed E-state index contributed by atoms with van der Waals surface area (Å²) in [5.74, 6) is -0.842. The zero-order valence-electron chi connectivity index (χ0n) is 15.9. The van der Waals surface area contributed by atoms with Gasteiger partial charge in [0.25, 0.3) is 17.4 Å². The van der Waals surface area contributed by atoms with Crippen LogP contribution >= 0.6 is 0 Å². The van der Waals surface area contributed by atoms with E-state index in [1.165, 1.54) is 12.3 Å². The van der Waals surface area contributed by atoms with Gasteiger partial charge >= 0.3 is 0 Å². The first-order valence-electron chi connectivity index (χ1n) is 9.41. The first-order chi connectivity index (χ1) is 14.0. The molecule has 0 unspecified atom stereocenters. The lowest BCUT2D eigenvalue weighted by atomic mass is 10.1. The third-order valence-corrected chi connectivity index (χ3v) is 5.31. The molecule has 1 aliphatic heterocycles. The van der Waals surface area contributed by atoms with Crippen LogP contribution in [0.2, 0.25) is 0 Å². The maximum atomic E-state index is 13.8. The Kier molecular flexibility index (Phi) is 4.88. The number of aromatic nitrogens is 1. The molecule has 0 saturated carbocycles. The minimum Gasteiger partial charge on any atom is -0.335 e. The number of nitrogens with zero attached hydrogens (tertiary/aromatic N) is 2. The number of H-pyrrole nitrogens is 1. The molecule has 1 aromatic heterocycles. The molecule has 1 fully saturated rings. The third kappa shape index (κ3) is 3.51. The van der Waals surface area contributed by atoms with E-state index in [9.17, 15) is 18.8 Å². The van der Waals surface area contributed by atoms with Crippen LogP contribution in [0.1, 0.15) is 26.3 Å². The van der Waals surface area contributed by atoms with Crippen LogP contribution in [-0.2, 0) is 0 Å². The fourth-order valence-electron chi connectivity index (χ4n) is 3.58. The van der Waals surface area contributed by atoms with Crippen LogP contribution < -0.4 is 5.56 Å². The van der Waals surface area contributed by atoms with Gasteiger partial charge in [-0.2, -0.15) is 0 Å². The molecule has 4 rings (SSSR count). The van der Waals surface area contributed by atoms with Crippen molar-refractivity contribution < 1.29 is 14.0 Å². The summed E-state index contributed by atoms with van der Waals surface area (Å²) >= 11 is 0. The van der Waals surface area contributed by atoms with Gasteiger partial charge in [-0.05, 0) is 30.7 Å². The van der Waals surface area contributed by atoms with Gasteiger partial charge in [0.05, 0.1) is 5.56 Å². The average Bonchev–Trinajstić information content (AvgIpc) is 2.75. The second-order valence-corrected chi connectivity index (χ2v) is 7.13. The predicted molar refractivity (Wildman–Crippen MR) is 108 cm³/mol. The Morgan fingerprint density at radius 1 is 0.931 bits per heavy atom. The van der Waals surface area contributed by atoms with E-state index >= 15 is 0 Å². The SMILES string of the molecule is Cc1ccc(C(=O)N2CCN(C(=O)c3c[nH]c(=O)c4ccccc34)CC2)cc1F. The van der Waals surface area contributed by atoms with Crippen LogP contribution in [0.15, 0.2) is 53.5 Å². The van der Waals surface area contributed by atoms with Gasteiger partial charge < -0.3 is 14.8 Å². The molecule has 6 nitrogen and oxygen atoms in total. The molecular formula is C22H20FN3O3. The number of amides is 2. The molecule has 0 radical (unpaired) electrons. The first-order valence-corrected chi connectivity index (χ1v) is 9.41. The van der Waals surface area contributed by atoms with Crippen molar-refractivity contribution in [3.05, 3.63) is 81.5 Å². The van der Waals surface area contributed by atoms with E-state index in [1.807, 2.05) is 0 Å². The predicted octanol–water partition coefficient (Wildman–Crippen LogP) is 2.57. The number of halogens is 1. The maximum Gasteiger partial charge on any atom is 0.256 e. The van der Waals surface area contributed by atoms with Crippen molar-refractivity contribution in [3.8, 4) is 0 Å². The number of nitrogens with one attached hydrogen (secondary N) is 1. The number of carbonyl (C=O) groups excluding carboxylic acids is 2. The zero-order chi connectivity index (χ0) is 20.5. The second-order valence-electron chi connectivity index (χ2n) is 7.13. The number of rotatable bonds is 2. The van der Waals surface area contributed by atoms with Crippen LogP contribution in [0.25, 0.3) is 10.8 Å². The number of hydrogen-bond acceptors (Lipinski definition) is 3. The largest absolute Gasteiger partial charge is 0.335 e. The van der Waals surface area contributed by atoms with Crippen molar-refractivity contribution in [2.24, 2.45) is 0 Å². The van der Waals surface area contributed by atoms with Crippen molar-refractivity contribution in [1.82, 2.24) is 14.8 Å². The number of hydrogen-bond donors (Lipinski definition) is 1. The van der Waals surface area contributed by atoms with E-state index in [0.717, 1.165) is 0 Å². The van der Waals surface area contributed by atoms with E-state index in [2.05, 4.69) is 4.98 Å². The van der Waals surface area contributed by atoms with Crippen molar-refractivity contribution in [1.29, 1.82) is 0 Å². The molecule has 1 aliphatic rings. The standard InChI is InChI=1S/C22H20FN3O3/c1-14-6-7-15(12-19(14)23)21(28)25-8-10-26(11-9-25)22(29)18-13-24-20(27)17-5-3-2-4-16(17)18/h2-7,12-13H,8-11H2,1H3,(H,24,27). The summed E-state index contributed by atoms with van der Waals surface area (Å²) in [6.07, 6.45) is 1.44. The van der Waals surface area contributed by atoms with Crippen LogP contribution in [0.3, 0.4) is 0 Å². The smallest absolute Gasteiger partial charge is 0.256 e. The molecule has 7 heteroatoms. The second kappa shape index (κ2) is 7.50. The number of benzene rings is 2. The van der Waals surface area contributed by atoms with Crippen LogP contribution in [0.4, 0.5) is 4.39 Å². The van der Waals surface area contributed by atoms with Crippen molar-refractivity contribution in [2.45, 2.75) is 6.92 Å². The van der Waals surface area contributed by atoms with E-state index in [0.29, 0.717) is 53.6 Å². The summed E-state index contributed by atoms with van der Waals surface area (Å²) in [7, 11) is 0. The summed E-state index contributed by atoms with van der Waals surface area (Å²) in [5.41, 5.74) is 0.989. The highest BCUT2D eigenvalue weighted by Gasteiger charge is 2.27. The molecule has 148 valence electrons. The van der Waals surface area contributed by atoms with Gasteiger partial charge in [0.15, 0.2) is 0 Å². The van der Waals surface area contributed by atoms with Gasteiger partial charge in [-0.3, -0.25) is 14.4 Å². The molecule has 2 aromatic carbocycles. The fourth-order valence-corrected chi connectivity index (χ4v) is 3.58. The van der Waals surface area contributed by atoms with Crippen LogP contribution in [0.5, 0.6) is 0 Å². The van der Waals surface area contributed by atoms with Gasteiger partial charge in [-0.25, -0.2) is 4.39 Å². The van der Waals surface area contributed by atoms with Gasteiger partial charge in [-0.1, -0.05) is 24.3 Å².